The molecule has 0 radical (unpaired) electrons. The summed E-state index contributed by atoms with van der Waals surface area (Å²) >= 11 is 0. The summed E-state index contributed by atoms with van der Waals surface area (Å²) in [6.45, 7) is 6.38. The van der Waals surface area contributed by atoms with Crippen LogP contribution in [0.4, 0.5) is 0 Å². The van der Waals surface area contributed by atoms with Gasteiger partial charge in [0.05, 0.1) is 0 Å². The van der Waals surface area contributed by atoms with Crippen molar-refractivity contribution in [2.24, 2.45) is 0 Å². The summed E-state index contributed by atoms with van der Waals surface area (Å²) in [4.78, 5) is 38.2. The SMILES string of the molecule is CC/C=C\C/C=C\C/C=C\C/C=C\C/C=C\C/C=C\C/C=C\CCCCCCCCCCCCCCCC(=O)OCC(COC(=O)CCCCCCCCCCC)OC(=O)CCCCCC/C=C\C/C=C\C/C=C\C/C=C\CC. The topological polar surface area (TPSA) is 78.9 Å². The summed E-state index contributed by atoms with van der Waals surface area (Å²) < 4.78 is 16.8. The molecule has 448 valence electrons. The molecule has 79 heavy (non-hydrogen) atoms. The Morgan fingerprint density at radius 2 is 0.494 bits per heavy atom. The van der Waals surface area contributed by atoms with Crippen LogP contribution in [0.15, 0.2) is 134 Å². The molecule has 0 amide bonds. The Balaban J connectivity index is 4.15. The van der Waals surface area contributed by atoms with E-state index in [9.17, 15) is 14.4 Å². The molecule has 0 aromatic heterocycles. The largest absolute Gasteiger partial charge is 0.462 e. The van der Waals surface area contributed by atoms with Crippen molar-refractivity contribution in [2.75, 3.05) is 13.2 Å². The minimum atomic E-state index is -0.792. The highest BCUT2D eigenvalue weighted by Crippen LogP contribution is 2.16. The van der Waals surface area contributed by atoms with Crippen molar-refractivity contribution >= 4 is 17.9 Å². The molecule has 0 fully saturated rings. The minimum Gasteiger partial charge on any atom is -0.462 e. The molecule has 0 saturated carbocycles. The minimum absolute atomic E-state index is 0.0880. The number of ether oxygens (including phenoxy) is 3. The van der Waals surface area contributed by atoms with Crippen LogP contribution in [0, 0.1) is 0 Å². The predicted octanol–water partition coefficient (Wildman–Crippen LogP) is 22.5. The van der Waals surface area contributed by atoms with Gasteiger partial charge >= 0.3 is 17.9 Å². The highest BCUT2D eigenvalue weighted by Gasteiger charge is 2.19. The zero-order valence-electron chi connectivity index (χ0n) is 51.3. The molecule has 0 aromatic carbocycles. The van der Waals surface area contributed by atoms with Crippen LogP contribution in [-0.4, -0.2) is 37.2 Å². The Kier molecular flexibility index (Phi) is 62.3. The molecular formula is C73H120O6. The summed E-state index contributed by atoms with van der Waals surface area (Å²) in [5.41, 5.74) is 0. The predicted molar refractivity (Wildman–Crippen MR) is 343 cm³/mol. The fourth-order valence-corrected chi connectivity index (χ4v) is 8.83. The number of carbonyl (C=O) groups is 3. The van der Waals surface area contributed by atoms with Gasteiger partial charge in [-0.15, -0.1) is 0 Å². The Morgan fingerprint density at radius 3 is 0.772 bits per heavy atom. The maximum atomic E-state index is 12.9. The third-order valence-corrected chi connectivity index (χ3v) is 13.7. The lowest BCUT2D eigenvalue weighted by atomic mass is 10.0. The van der Waals surface area contributed by atoms with Crippen LogP contribution in [0.5, 0.6) is 0 Å². The second kappa shape index (κ2) is 66.1. The summed E-state index contributed by atoms with van der Waals surface area (Å²) in [5, 5.41) is 0. The number of esters is 3. The number of carbonyl (C=O) groups excluding carboxylic acids is 3. The molecule has 0 rings (SSSR count). The smallest absolute Gasteiger partial charge is 0.306 e. The van der Waals surface area contributed by atoms with Crippen LogP contribution in [0.2, 0.25) is 0 Å². The van der Waals surface area contributed by atoms with E-state index in [1.165, 1.54) is 109 Å². The van der Waals surface area contributed by atoms with Crippen molar-refractivity contribution in [3.05, 3.63) is 134 Å². The summed E-state index contributed by atoms with van der Waals surface area (Å²) in [5.74, 6) is -0.913. The summed E-state index contributed by atoms with van der Waals surface area (Å²) in [7, 11) is 0. The lowest BCUT2D eigenvalue weighted by molar-refractivity contribution is -0.167. The number of hydrogen-bond donors (Lipinski definition) is 0. The van der Waals surface area contributed by atoms with Gasteiger partial charge in [-0.1, -0.05) is 289 Å². The second-order valence-electron chi connectivity index (χ2n) is 21.3. The third kappa shape index (κ3) is 64.3. The molecule has 0 saturated heterocycles. The molecule has 0 bridgehead atoms. The van der Waals surface area contributed by atoms with Gasteiger partial charge in [0.1, 0.15) is 13.2 Å². The van der Waals surface area contributed by atoms with Crippen molar-refractivity contribution in [3.63, 3.8) is 0 Å². The van der Waals surface area contributed by atoms with Crippen molar-refractivity contribution in [3.8, 4) is 0 Å². The van der Waals surface area contributed by atoms with Crippen LogP contribution in [0.25, 0.3) is 0 Å². The van der Waals surface area contributed by atoms with Gasteiger partial charge in [-0.05, 0) is 116 Å². The molecule has 0 aliphatic rings. The van der Waals surface area contributed by atoms with Gasteiger partial charge in [-0.3, -0.25) is 14.4 Å². The van der Waals surface area contributed by atoms with Crippen LogP contribution < -0.4 is 0 Å². The Labute approximate surface area is 487 Å². The number of rotatable bonds is 58. The quantitative estimate of drug-likeness (QED) is 0.0261. The Morgan fingerprint density at radius 1 is 0.266 bits per heavy atom. The van der Waals surface area contributed by atoms with E-state index in [1.54, 1.807) is 0 Å². The Hall–Kier alpha value is -4.45. The van der Waals surface area contributed by atoms with E-state index in [2.05, 4.69) is 154 Å². The standard InChI is InChI=1S/C73H120O6/c1-4-7-10-13-16-19-21-23-25-27-28-29-30-31-32-33-34-35-36-37-38-39-40-41-42-43-44-46-47-49-51-54-57-60-63-66-72(75)78-69-70(68-77-71(74)65-62-59-56-53-18-15-12-9-6-3)79-73(76)67-64-61-58-55-52-50-48-45-26-24-22-20-17-14-11-8-5-2/h7-8,10-11,16-17,19-20,23-26,28-29,31-32,34-35,37-38,48,50,70H,4-6,9,12-15,18,21-22,27,30,33,36,39-47,49,51-69H2,1-3H3/b10-7-,11-8-,19-16-,20-17-,25-23-,26-24-,29-28-,32-31-,35-34-,38-37-,50-48-. The van der Waals surface area contributed by atoms with Gasteiger partial charge in [0.25, 0.3) is 0 Å². The zero-order chi connectivity index (χ0) is 57.1. The van der Waals surface area contributed by atoms with Crippen LogP contribution in [0.3, 0.4) is 0 Å². The average Bonchev–Trinajstić information content (AvgIpc) is 3.45. The lowest BCUT2D eigenvalue weighted by Gasteiger charge is -2.18. The van der Waals surface area contributed by atoms with Crippen molar-refractivity contribution in [1.29, 1.82) is 0 Å². The third-order valence-electron chi connectivity index (χ3n) is 13.7. The van der Waals surface area contributed by atoms with Gasteiger partial charge in [-0.2, -0.15) is 0 Å². The van der Waals surface area contributed by atoms with E-state index in [0.717, 1.165) is 141 Å². The normalized spacial score (nSPS) is 13.0. The number of allylic oxidation sites excluding steroid dienone is 22. The molecule has 0 aliphatic carbocycles. The van der Waals surface area contributed by atoms with Crippen molar-refractivity contribution in [2.45, 2.75) is 297 Å². The van der Waals surface area contributed by atoms with Crippen molar-refractivity contribution in [1.82, 2.24) is 0 Å². The van der Waals surface area contributed by atoms with Crippen LogP contribution in [0.1, 0.15) is 290 Å². The molecule has 0 heterocycles. The number of hydrogen-bond acceptors (Lipinski definition) is 6. The van der Waals surface area contributed by atoms with E-state index in [0.29, 0.717) is 19.3 Å². The molecule has 0 aromatic rings. The molecule has 6 heteroatoms. The molecular weight excluding hydrogens is 973 g/mol. The zero-order valence-corrected chi connectivity index (χ0v) is 51.3. The molecule has 1 unspecified atom stereocenters. The highest BCUT2D eigenvalue weighted by molar-refractivity contribution is 5.71. The van der Waals surface area contributed by atoms with E-state index >= 15 is 0 Å². The van der Waals surface area contributed by atoms with E-state index in [1.807, 2.05) is 0 Å². The van der Waals surface area contributed by atoms with Crippen molar-refractivity contribution < 1.29 is 28.6 Å². The second-order valence-corrected chi connectivity index (χ2v) is 21.3. The van der Waals surface area contributed by atoms with E-state index in [4.69, 9.17) is 14.2 Å². The summed E-state index contributed by atoms with van der Waals surface area (Å²) in [6.07, 6.45) is 93.4. The fourth-order valence-electron chi connectivity index (χ4n) is 8.83. The fraction of sp³-hybridized carbons (Fsp3) is 0.658. The van der Waals surface area contributed by atoms with Crippen LogP contribution in [-0.2, 0) is 28.6 Å². The molecule has 6 nitrogen and oxygen atoms in total. The van der Waals surface area contributed by atoms with Gasteiger partial charge in [0.2, 0.25) is 0 Å². The monoisotopic (exact) mass is 1090 g/mol. The maximum absolute atomic E-state index is 12.9. The van der Waals surface area contributed by atoms with Crippen LogP contribution >= 0.6 is 0 Å². The maximum Gasteiger partial charge on any atom is 0.306 e. The first kappa shape index (κ1) is 74.5. The van der Waals surface area contributed by atoms with Gasteiger partial charge in [0.15, 0.2) is 6.10 Å². The first-order valence-corrected chi connectivity index (χ1v) is 32.7. The number of unbranched alkanes of at least 4 members (excludes halogenated alkanes) is 25. The van der Waals surface area contributed by atoms with E-state index < -0.39 is 6.10 Å². The molecule has 0 aliphatic heterocycles. The highest BCUT2D eigenvalue weighted by atomic mass is 16.6. The van der Waals surface area contributed by atoms with Gasteiger partial charge in [0, 0.05) is 19.3 Å². The summed E-state index contributed by atoms with van der Waals surface area (Å²) in [6, 6.07) is 0. The average molecular weight is 1090 g/mol. The molecule has 0 spiro atoms. The first-order chi connectivity index (χ1) is 39.0. The molecule has 1 atom stereocenters. The Bertz CT molecular complexity index is 1680. The van der Waals surface area contributed by atoms with E-state index in [-0.39, 0.29) is 31.1 Å². The van der Waals surface area contributed by atoms with Gasteiger partial charge in [-0.25, -0.2) is 0 Å². The first-order valence-electron chi connectivity index (χ1n) is 32.7. The lowest BCUT2D eigenvalue weighted by Crippen LogP contribution is -2.30. The molecule has 0 N–H and O–H groups in total. The van der Waals surface area contributed by atoms with Gasteiger partial charge < -0.3 is 14.2 Å².